The van der Waals surface area contributed by atoms with Gasteiger partial charge >= 0.3 is 6.03 Å². The molecule has 0 bridgehead atoms. The Morgan fingerprint density at radius 1 is 1.07 bits per heavy atom. The summed E-state index contributed by atoms with van der Waals surface area (Å²) in [5.74, 6) is 0.876. The highest BCUT2D eigenvalue weighted by atomic mass is 16.5. The van der Waals surface area contributed by atoms with E-state index in [-0.39, 0.29) is 18.1 Å². The van der Waals surface area contributed by atoms with Gasteiger partial charge in [0.05, 0.1) is 7.11 Å². The number of amides is 2. The van der Waals surface area contributed by atoms with Crippen molar-refractivity contribution < 1.29 is 9.53 Å². The summed E-state index contributed by atoms with van der Waals surface area (Å²) in [7, 11) is 1.68. The average Bonchev–Trinajstić information content (AvgIpc) is 3.04. The van der Waals surface area contributed by atoms with Gasteiger partial charge in [-0.05, 0) is 62.1 Å². The van der Waals surface area contributed by atoms with E-state index in [1.165, 1.54) is 11.3 Å². The lowest BCUT2D eigenvalue weighted by molar-refractivity contribution is 0.238. The van der Waals surface area contributed by atoms with Crippen LogP contribution in [-0.4, -0.2) is 38.3 Å². The lowest BCUT2D eigenvalue weighted by Crippen LogP contribution is -2.50. The Balaban J connectivity index is 1.34. The molecule has 5 nitrogen and oxygen atoms in total. The Kier molecular flexibility index (Phi) is 4.92. The van der Waals surface area contributed by atoms with E-state index in [0.29, 0.717) is 0 Å². The molecular formula is C22H27N3O2. The fourth-order valence-electron chi connectivity index (χ4n) is 4.19. The lowest BCUT2D eigenvalue weighted by Gasteiger charge is -2.35. The third kappa shape index (κ3) is 3.59. The molecule has 2 heterocycles. The summed E-state index contributed by atoms with van der Waals surface area (Å²) in [6.07, 6.45) is 2.85. The van der Waals surface area contributed by atoms with Crippen LogP contribution in [-0.2, 0) is 6.42 Å². The number of methoxy groups -OCH3 is 1. The number of fused-ring (bicyclic) bond motifs is 1. The highest BCUT2D eigenvalue weighted by Crippen LogP contribution is 2.32. The van der Waals surface area contributed by atoms with E-state index >= 15 is 0 Å². The Bertz CT molecular complexity index is 797. The van der Waals surface area contributed by atoms with E-state index in [1.54, 1.807) is 7.11 Å². The molecule has 1 N–H and O–H groups in total. The van der Waals surface area contributed by atoms with Crippen LogP contribution in [0.3, 0.4) is 0 Å². The predicted molar refractivity (Wildman–Crippen MR) is 109 cm³/mol. The Labute approximate surface area is 160 Å². The van der Waals surface area contributed by atoms with Gasteiger partial charge in [-0.25, -0.2) is 4.79 Å². The Morgan fingerprint density at radius 3 is 2.48 bits per heavy atom. The maximum Gasteiger partial charge on any atom is 0.322 e. The number of carbonyl (C=O) groups is 1. The van der Waals surface area contributed by atoms with E-state index < -0.39 is 0 Å². The van der Waals surface area contributed by atoms with E-state index in [2.05, 4.69) is 35.3 Å². The second kappa shape index (κ2) is 7.51. The molecule has 0 saturated carbocycles. The van der Waals surface area contributed by atoms with E-state index in [4.69, 9.17) is 4.74 Å². The van der Waals surface area contributed by atoms with Crippen molar-refractivity contribution in [2.45, 2.75) is 38.3 Å². The number of carbonyl (C=O) groups excluding carboxylic acids is 1. The number of anilines is 2. The summed E-state index contributed by atoms with van der Waals surface area (Å²) >= 11 is 0. The van der Waals surface area contributed by atoms with Gasteiger partial charge in [0, 0.05) is 36.5 Å². The highest BCUT2D eigenvalue weighted by Gasteiger charge is 2.32. The zero-order valence-electron chi connectivity index (χ0n) is 16.0. The first-order chi connectivity index (χ1) is 13.2. The third-order valence-corrected chi connectivity index (χ3v) is 5.69. The molecule has 142 valence electrons. The number of benzene rings is 2. The molecule has 2 aliphatic heterocycles. The van der Waals surface area contributed by atoms with Crippen molar-refractivity contribution in [2.24, 2.45) is 0 Å². The number of urea groups is 1. The maximum absolute atomic E-state index is 12.9. The van der Waals surface area contributed by atoms with Gasteiger partial charge in [-0.15, -0.1) is 0 Å². The van der Waals surface area contributed by atoms with Crippen LogP contribution in [0.4, 0.5) is 16.2 Å². The molecule has 1 unspecified atom stereocenters. The number of para-hydroxylation sites is 1. The number of hydrogen-bond acceptors (Lipinski definition) is 3. The molecule has 5 heteroatoms. The largest absolute Gasteiger partial charge is 0.497 e. The molecule has 4 rings (SSSR count). The first-order valence-electron chi connectivity index (χ1n) is 9.72. The average molecular weight is 365 g/mol. The molecule has 1 atom stereocenters. The Hall–Kier alpha value is -2.69. The number of rotatable bonds is 3. The number of nitrogens with zero attached hydrogens (tertiary/aromatic N) is 2. The van der Waals surface area contributed by atoms with E-state index in [1.807, 2.05) is 35.2 Å². The van der Waals surface area contributed by atoms with Gasteiger partial charge in [0.25, 0.3) is 0 Å². The summed E-state index contributed by atoms with van der Waals surface area (Å²) in [6, 6.07) is 16.9. The lowest BCUT2D eigenvalue weighted by atomic mass is 10.0. The normalized spacial score (nSPS) is 19.7. The minimum Gasteiger partial charge on any atom is -0.497 e. The van der Waals surface area contributed by atoms with Crippen molar-refractivity contribution >= 4 is 17.4 Å². The molecule has 2 aromatic carbocycles. The van der Waals surface area contributed by atoms with Gasteiger partial charge in [0.15, 0.2) is 0 Å². The third-order valence-electron chi connectivity index (χ3n) is 5.69. The van der Waals surface area contributed by atoms with Gasteiger partial charge in [-0.1, -0.05) is 18.2 Å². The van der Waals surface area contributed by atoms with Crippen LogP contribution in [0.5, 0.6) is 5.75 Å². The van der Waals surface area contributed by atoms with Gasteiger partial charge in [-0.3, -0.25) is 4.90 Å². The smallest absolute Gasteiger partial charge is 0.322 e. The van der Waals surface area contributed by atoms with Crippen molar-refractivity contribution in [2.75, 3.05) is 30.0 Å². The predicted octanol–water partition coefficient (Wildman–Crippen LogP) is 3.82. The van der Waals surface area contributed by atoms with Crippen LogP contribution in [0.15, 0.2) is 48.5 Å². The first kappa shape index (κ1) is 17.7. The second-order valence-corrected chi connectivity index (χ2v) is 7.46. The number of piperidine rings is 1. The van der Waals surface area contributed by atoms with Crippen molar-refractivity contribution in [3.63, 3.8) is 0 Å². The highest BCUT2D eigenvalue weighted by molar-refractivity contribution is 5.95. The van der Waals surface area contributed by atoms with Gasteiger partial charge in [0.1, 0.15) is 5.75 Å². The summed E-state index contributed by atoms with van der Waals surface area (Å²) in [4.78, 5) is 17.2. The standard InChI is InChI=1S/C22H27N3O2/c1-16-15-17-5-3-4-6-21(17)25(16)22(26)23-18-11-13-24(14-12-18)19-7-9-20(27-2)10-8-19/h3-10,16,18H,11-15H2,1-2H3,(H,23,26). The zero-order valence-corrected chi connectivity index (χ0v) is 16.0. The monoisotopic (exact) mass is 365 g/mol. The second-order valence-electron chi connectivity index (χ2n) is 7.46. The minimum absolute atomic E-state index is 0.0374. The van der Waals surface area contributed by atoms with Crippen LogP contribution >= 0.6 is 0 Å². The molecular weight excluding hydrogens is 338 g/mol. The zero-order chi connectivity index (χ0) is 18.8. The van der Waals surface area contributed by atoms with Crippen LogP contribution < -0.4 is 19.9 Å². The molecule has 2 amide bonds. The van der Waals surface area contributed by atoms with Crippen molar-refractivity contribution in [1.82, 2.24) is 5.32 Å². The van der Waals surface area contributed by atoms with Gasteiger partial charge in [0.2, 0.25) is 0 Å². The quantitative estimate of drug-likeness (QED) is 0.899. The molecule has 1 fully saturated rings. The minimum atomic E-state index is 0.0374. The molecule has 2 aliphatic rings. The molecule has 0 spiro atoms. The fraction of sp³-hybridized carbons (Fsp3) is 0.409. The number of ether oxygens (including phenoxy) is 1. The van der Waals surface area contributed by atoms with Crippen molar-refractivity contribution in [3.05, 3.63) is 54.1 Å². The van der Waals surface area contributed by atoms with E-state index in [0.717, 1.165) is 43.8 Å². The SMILES string of the molecule is COc1ccc(N2CCC(NC(=O)N3c4ccccc4CC3C)CC2)cc1. The molecule has 1 saturated heterocycles. The molecule has 27 heavy (non-hydrogen) atoms. The van der Waals surface area contributed by atoms with Crippen LogP contribution in [0.1, 0.15) is 25.3 Å². The van der Waals surface area contributed by atoms with Crippen molar-refractivity contribution in [1.29, 1.82) is 0 Å². The topological polar surface area (TPSA) is 44.8 Å². The van der Waals surface area contributed by atoms with Gasteiger partial charge < -0.3 is 15.0 Å². The van der Waals surface area contributed by atoms with Gasteiger partial charge in [-0.2, -0.15) is 0 Å². The molecule has 2 aromatic rings. The summed E-state index contributed by atoms with van der Waals surface area (Å²) < 4.78 is 5.23. The van der Waals surface area contributed by atoms with Crippen LogP contribution in [0.2, 0.25) is 0 Å². The fourth-order valence-corrected chi connectivity index (χ4v) is 4.19. The van der Waals surface area contributed by atoms with Crippen LogP contribution in [0.25, 0.3) is 0 Å². The molecule has 0 aromatic heterocycles. The summed E-state index contributed by atoms with van der Waals surface area (Å²) in [5, 5.41) is 3.26. The van der Waals surface area contributed by atoms with Crippen LogP contribution in [0, 0.1) is 0 Å². The molecule has 0 radical (unpaired) electrons. The summed E-state index contributed by atoms with van der Waals surface area (Å²) in [5.41, 5.74) is 3.52. The first-order valence-corrected chi connectivity index (χ1v) is 9.72. The van der Waals surface area contributed by atoms with Crippen molar-refractivity contribution in [3.8, 4) is 5.75 Å². The Morgan fingerprint density at radius 2 is 1.78 bits per heavy atom. The maximum atomic E-state index is 12.9. The number of nitrogens with one attached hydrogen (secondary N) is 1. The summed E-state index contributed by atoms with van der Waals surface area (Å²) in [6.45, 7) is 4.01. The van der Waals surface area contributed by atoms with E-state index in [9.17, 15) is 4.79 Å². The number of hydrogen-bond donors (Lipinski definition) is 1. The molecule has 0 aliphatic carbocycles.